The maximum absolute atomic E-state index is 2.16. The minimum absolute atomic E-state index is 0. The van der Waals surface area contributed by atoms with E-state index in [1.54, 1.807) is 0 Å². The third-order valence-electron chi connectivity index (χ3n) is 3.97. The van der Waals surface area contributed by atoms with E-state index in [0.29, 0.717) is 0 Å². The van der Waals surface area contributed by atoms with Crippen LogP contribution in [-0.2, 0) is 71.8 Å². The SMILES string of the molecule is CC.CC.CC.CC.CC.CC.[CH3-].[CH3-].[Y].[Y].c1ccc(-c2ccccc2)cc1.c1ccc(Cc2ccccc2)cc1. The Morgan fingerprint density at radius 2 is 0.463 bits per heavy atom. The van der Waals surface area contributed by atoms with Gasteiger partial charge in [0.15, 0.2) is 0 Å². The molecule has 2 heteroatoms. The number of hydrogen-bond donors (Lipinski definition) is 0. The summed E-state index contributed by atoms with van der Waals surface area (Å²) in [5.74, 6) is 0. The van der Waals surface area contributed by atoms with Crippen LogP contribution >= 0.6 is 0 Å². The van der Waals surface area contributed by atoms with E-state index in [4.69, 9.17) is 0 Å². The van der Waals surface area contributed by atoms with Crippen LogP contribution in [0.4, 0.5) is 0 Å². The van der Waals surface area contributed by atoms with Crippen LogP contribution in [-0.4, -0.2) is 0 Å². The van der Waals surface area contributed by atoms with Gasteiger partial charge in [-0.2, -0.15) is 0 Å². The largest absolute Gasteiger partial charge is 0.358 e. The fourth-order valence-corrected chi connectivity index (χ4v) is 2.69. The number of hydrogen-bond acceptors (Lipinski definition) is 0. The Balaban J connectivity index is -0.0000000606. The Kier molecular flexibility index (Phi) is 79.9. The fourth-order valence-electron chi connectivity index (χ4n) is 2.69. The smallest absolute Gasteiger partial charge is 0 e. The second kappa shape index (κ2) is 55.1. The molecule has 0 unspecified atom stereocenters. The van der Waals surface area contributed by atoms with Gasteiger partial charge in [0.2, 0.25) is 0 Å². The molecule has 0 atom stereocenters. The minimum Gasteiger partial charge on any atom is -0.358 e. The Morgan fingerprint density at radius 3 is 0.659 bits per heavy atom. The van der Waals surface area contributed by atoms with Crippen molar-refractivity contribution in [3.8, 4) is 11.1 Å². The topological polar surface area (TPSA) is 0 Å². The summed E-state index contributed by atoms with van der Waals surface area (Å²) < 4.78 is 0. The molecule has 0 aliphatic heterocycles. The molecule has 0 aliphatic carbocycles. The zero-order valence-electron chi connectivity index (χ0n) is 29.4. The van der Waals surface area contributed by atoms with Gasteiger partial charge in [-0.05, 0) is 28.7 Å². The second-order valence-corrected chi connectivity index (χ2v) is 5.88. The predicted octanol–water partition coefficient (Wildman–Crippen LogP) is 13.7. The van der Waals surface area contributed by atoms with Crippen molar-refractivity contribution < 1.29 is 65.4 Å². The van der Waals surface area contributed by atoms with E-state index in [-0.39, 0.29) is 80.3 Å². The van der Waals surface area contributed by atoms with E-state index in [9.17, 15) is 0 Å². The summed E-state index contributed by atoms with van der Waals surface area (Å²) in [5, 5.41) is 0. The molecule has 2 radical (unpaired) electrons. The zero-order chi connectivity index (χ0) is 29.2. The van der Waals surface area contributed by atoms with E-state index in [0.717, 1.165) is 6.42 Å². The first-order chi connectivity index (χ1) is 18.4. The van der Waals surface area contributed by atoms with Crippen LogP contribution in [0.2, 0.25) is 0 Å². The summed E-state index contributed by atoms with van der Waals surface area (Å²) in [7, 11) is 0. The van der Waals surface area contributed by atoms with E-state index in [2.05, 4.69) is 109 Å². The van der Waals surface area contributed by atoms with Crippen molar-refractivity contribution >= 4 is 0 Å². The third-order valence-corrected chi connectivity index (χ3v) is 3.97. The molecule has 0 amide bonds. The molecule has 0 heterocycles. The van der Waals surface area contributed by atoms with Crippen LogP contribution in [0.25, 0.3) is 11.1 Å². The van der Waals surface area contributed by atoms with Crippen molar-refractivity contribution in [2.45, 2.75) is 89.5 Å². The normalized spacial score (nSPS) is 6.83. The van der Waals surface area contributed by atoms with E-state index >= 15 is 0 Å². The summed E-state index contributed by atoms with van der Waals surface area (Å²) in [6.07, 6.45) is 1.03. The van der Waals surface area contributed by atoms with Crippen LogP contribution in [0.3, 0.4) is 0 Å². The van der Waals surface area contributed by atoms with Crippen molar-refractivity contribution in [1.29, 1.82) is 0 Å². The van der Waals surface area contributed by atoms with Crippen LogP contribution in [0, 0.1) is 14.9 Å². The fraction of sp³-hybridized carbons (Fsp3) is 0.333. The van der Waals surface area contributed by atoms with E-state index in [1.165, 1.54) is 22.3 Å². The second-order valence-electron chi connectivity index (χ2n) is 5.88. The van der Waals surface area contributed by atoms with Crippen LogP contribution in [0.15, 0.2) is 121 Å². The molecule has 41 heavy (non-hydrogen) atoms. The summed E-state index contributed by atoms with van der Waals surface area (Å²) in [5.41, 5.74) is 5.29. The van der Waals surface area contributed by atoms with Gasteiger partial charge >= 0.3 is 0 Å². The molecule has 4 aromatic rings. The molecule has 0 saturated heterocycles. The van der Waals surface area contributed by atoms with Crippen LogP contribution in [0.1, 0.15) is 94.2 Å². The van der Waals surface area contributed by atoms with Gasteiger partial charge in [0.1, 0.15) is 0 Å². The number of rotatable bonds is 3. The molecule has 0 nitrogen and oxygen atoms in total. The molecular weight excluding hydrogens is 646 g/mol. The molecule has 0 fully saturated rings. The van der Waals surface area contributed by atoms with Crippen molar-refractivity contribution in [3.63, 3.8) is 0 Å². The summed E-state index contributed by atoms with van der Waals surface area (Å²) in [6, 6.07) is 41.8. The monoisotopic (exact) mass is 710 g/mol. The van der Waals surface area contributed by atoms with Gasteiger partial charge in [-0.1, -0.05) is 204 Å². The Morgan fingerprint density at radius 1 is 0.293 bits per heavy atom. The maximum atomic E-state index is 2.16. The molecule has 228 valence electrons. The quantitative estimate of drug-likeness (QED) is 0.186. The van der Waals surface area contributed by atoms with Crippen molar-refractivity contribution in [1.82, 2.24) is 0 Å². The minimum atomic E-state index is 0. The number of benzene rings is 4. The van der Waals surface area contributed by atoms with Crippen molar-refractivity contribution in [3.05, 3.63) is 147 Å². The van der Waals surface area contributed by atoms with E-state index in [1.807, 2.05) is 95.2 Å². The average Bonchev–Trinajstić information content (AvgIpc) is 3.05. The molecule has 0 saturated carbocycles. The molecule has 0 aliphatic rings. The molecule has 0 aromatic heterocycles. The zero-order valence-corrected chi connectivity index (χ0v) is 35.1. The molecule has 4 aromatic carbocycles. The van der Waals surface area contributed by atoms with Gasteiger partial charge in [0.05, 0.1) is 0 Å². The standard InChI is InChI=1S/C13H12.C12H10.6C2H6.2CH3.2Y/c1-3-7-12(8-4-1)11-13-9-5-2-6-10-13;1-3-7-11(8-4-1)12-9-5-2-6-10-12;6*1-2;;;;/h1-10H,11H2;1-10H;6*1-2H3;2*1H3;;/q;;;;;;;;2*-1;;. The summed E-state index contributed by atoms with van der Waals surface area (Å²) >= 11 is 0. The summed E-state index contributed by atoms with van der Waals surface area (Å²) in [6.45, 7) is 24.0. The van der Waals surface area contributed by atoms with Gasteiger partial charge in [0.25, 0.3) is 0 Å². The van der Waals surface area contributed by atoms with Gasteiger partial charge in [-0.15, -0.1) is 0 Å². The molecule has 0 N–H and O–H groups in total. The Bertz CT molecular complexity index is 772. The average molecular weight is 711 g/mol. The first-order valence-electron chi connectivity index (χ1n) is 14.6. The van der Waals surface area contributed by atoms with Crippen molar-refractivity contribution in [2.75, 3.05) is 0 Å². The summed E-state index contributed by atoms with van der Waals surface area (Å²) in [4.78, 5) is 0. The molecular formula is C39H64Y2-2. The van der Waals surface area contributed by atoms with Gasteiger partial charge in [-0.3, -0.25) is 0 Å². The Hall–Kier alpha value is -0.912. The van der Waals surface area contributed by atoms with E-state index < -0.39 is 0 Å². The van der Waals surface area contributed by atoms with Gasteiger partial charge in [-0.25, -0.2) is 0 Å². The first-order valence-corrected chi connectivity index (χ1v) is 14.6. The molecule has 0 bridgehead atoms. The predicted molar refractivity (Wildman–Crippen MR) is 188 cm³/mol. The first kappa shape index (κ1) is 59.5. The molecule has 0 spiro atoms. The third kappa shape index (κ3) is 35.2. The van der Waals surface area contributed by atoms with Gasteiger partial charge in [0, 0.05) is 65.4 Å². The Labute approximate surface area is 310 Å². The van der Waals surface area contributed by atoms with Crippen LogP contribution in [0.5, 0.6) is 0 Å². The van der Waals surface area contributed by atoms with Gasteiger partial charge < -0.3 is 14.9 Å². The van der Waals surface area contributed by atoms with Crippen LogP contribution < -0.4 is 0 Å². The molecule has 4 rings (SSSR count). The maximum Gasteiger partial charge on any atom is 0 e. The van der Waals surface area contributed by atoms with Crippen molar-refractivity contribution in [2.24, 2.45) is 0 Å².